The van der Waals surface area contributed by atoms with Crippen LogP contribution in [-0.4, -0.2) is 18.4 Å². The normalized spacial score (nSPS) is 12.0. The van der Waals surface area contributed by atoms with Crippen molar-refractivity contribution in [2.24, 2.45) is 0 Å². The van der Waals surface area contributed by atoms with E-state index in [9.17, 15) is 18.4 Å². The third kappa shape index (κ3) is 3.35. The second-order valence-electron chi connectivity index (χ2n) is 3.81. The summed E-state index contributed by atoms with van der Waals surface area (Å²) in [5.74, 6) is -3.86. The molecule has 0 aliphatic heterocycles. The second kappa shape index (κ2) is 6.23. The number of ketones is 1. The van der Waals surface area contributed by atoms with Crippen molar-refractivity contribution in [3.05, 3.63) is 35.4 Å². The molecule has 0 heterocycles. The molecule has 1 aromatic carbocycles. The fourth-order valence-corrected chi connectivity index (χ4v) is 1.59. The predicted molar refractivity (Wildman–Crippen MR) is 61.0 cm³/mol. The van der Waals surface area contributed by atoms with Gasteiger partial charge in [0.1, 0.15) is 18.1 Å². The Balaban J connectivity index is 2.84. The van der Waals surface area contributed by atoms with Gasteiger partial charge in [-0.05, 0) is 19.1 Å². The Kier molecular flexibility index (Phi) is 4.95. The number of carbonyl (C=O) groups excluding carboxylic acids is 2. The number of Topliss-reactive ketones (excluding diaryl/α,β-unsaturated/α-hetero) is 1. The van der Waals surface area contributed by atoms with Gasteiger partial charge in [0, 0.05) is 11.5 Å². The van der Waals surface area contributed by atoms with Gasteiger partial charge in [-0.15, -0.1) is 0 Å². The number of benzene rings is 1. The maximum absolute atomic E-state index is 13.4. The smallest absolute Gasteiger partial charge is 0.313 e. The minimum Gasteiger partial charge on any atom is -0.466 e. The molecule has 0 bridgehead atoms. The summed E-state index contributed by atoms with van der Waals surface area (Å²) in [5.41, 5.74) is -0.313. The Morgan fingerprint density at radius 1 is 1.28 bits per heavy atom. The van der Waals surface area contributed by atoms with Crippen molar-refractivity contribution >= 4 is 11.8 Å². The SMILES string of the molecule is CCOC(=O)CC(=O)[C@H](C)c1c(F)cccc1F. The van der Waals surface area contributed by atoms with E-state index in [1.165, 1.54) is 13.0 Å². The van der Waals surface area contributed by atoms with Crippen molar-refractivity contribution in [2.75, 3.05) is 6.61 Å². The van der Waals surface area contributed by atoms with E-state index in [4.69, 9.17) is 0 Å². The number of halogens is 2. The summed E-state index contributed by atoms with van der Waals surface area (Å²) >= 11 is 0. The Bertz CT molecular complexity index is 437. The highest BCUT2D eigenvalue weighted by Crippen LogP contribution is 2.24. The molecule has 98 valence electrons. The fraction of sp³-hybridized carbons (Fsp3) is 0.385. The zero-order valence-electron chi connectivity index (χ0n) is 10.2. The summed E-state index contributed by atoms with van der Waals surface area (Å²) in [4.78, 5) is 22.8. The summed E-state index contributed by atoms with van der Waals surface area (Å²) in [5, 5.41) is 0. The standard InChI is InChI=1S/C13H14F2O3/c1-3-18-12(17)7-11(16)8(2)13-9(14)5-4-6-10(13)15/h4-6,8H,3,7H2,1-2H3/t8-/m0/s1. The molecule has 1 rings (SSSR count). The van der Waals surface area contributed by atoms with Crippen LogP contribution in [0.15, 0.2) is 18.2 Å². The molecular weight excluding hydrogens is 242 g/mol. The van der Waals surface area contributed by atoms with Crippen LogP contribution in [0.5, 0.6) is 0 Å². The third-order valence-electron chi connectivity index (χ3n) is 2.54. The van der Waals surface area contributed by atoms with Crippen LogP contribution in [-0.2, 0) is 14.3 Å². The molecule has 5 heteroatoms. The van der Waals surface area contributed by atoms with Gasteiger partial charge >= 0.3 is 5.97 Å². The van der Waals surface area contributed by atoms with E-state index in [-0.39, 0.29) is 12.2 Å². The van der Waals surface area contributed by atoms with Crippen LogP contribution in [0, 0.1) is 11.6 Å². The monoisotopic (exact) mass is 256 g/mol. The number of hydrogen-bond donors (Lipinski definition) is 0. The lowest BCUT2D eigenvalue weighted by Gasteiger charge is -2.12. The average Bonchev–Trinajstić information content (AvgIpc) is 2.28. The summed E-state index contributed by atoms with van der Waals surface area (Å²) in [6.45, 7) is 3.14. The lowest BCUT2D eigenvalue weighted by molar-refractivity contribution is -0.145. The number of rotatable bonds is 5. The fourth-order valence-electron chi connectivity index (χ4n) is 1.59. The first-order valence-electron chi connectivity index (χ1n) is 5.59. The van der Waals surface area contributed by atoms with Gasteiger partial charge in [0.2, 0.25) is 0 Å². The van der Waals surface area contributed by atoms with Crippen LogP contribution in [0.25, 0.3) is 0 Å². The molecule has 0 saturated heterocycles. The van der Waals surface area contributed by atoms with Crippen molar-refractivity contribution < 1.29 is 23.1 Å². The molecule has 0 unspecified atom stereocenters. The van der Waals surface area contributed by atoms with Crippen LogP contribution in [0.4, 0.5) is 8.78 Å². The number of carbonyl (C=O) groups is 2. The number of hydrogen-bond acceptors (Lipinski definition) is 3. The van der Waals surface area contributed by atoms with E-state index in [1.807, 2.05) is 0 Å². The van der Waals surface area contributed by atoms with E-state index >= 15 is 0 Å². The minimum absolute atomic E-state index is 0.161. The first kappa shape index (κ1) is 14.3. The van der Waals surface area contributed by atoms with Gasteiger partial charge in [0.05, 0.1) is 6.61 Å². The lowest BCUT2D eigenvalue weighted by Crippen LogP contribution is -2.18. The van der Waals surface area contributed by atoms with Gasteiger partial charge in [-0.2, -0.15) is 0 Å². The average molecular weight is 256 g/mol. The molecule has 0 spiro atoms. The van der Waals surface area contributed by atoms with Crippen LogP contribution in [0.2, 0.25) is 0 Å². The topological polar surface area (TPSA) is 43.4 Å². The highest BCUT2D eigenvalue weighted by atomic mass is 19.1. The molecule has 0 aliphatic carbocycles. The van der Waals surface area contributed by atoms with Gasteiger partial charge in [0.15, 0.2) is 5.78 Å². The second-order valence-corrected chi connectivity index (χ2v) is 3.81. The van der Waals surface area contributed by atoms with E-state index < -0.39 is 35.7 Å². The predicted octanol–water partition coefficient (Wildman–Crippen LogP) is 2.59. The van der Waals surface area contributed by atoms with Crippen LogP contribution < -0.4 is 0 Å². The Labute approximate surface area is 104 Å². The summed E-state index contributed by atoms with van der Waals surface area (Å²) < 4.78 is 31.5. The zero-order chi connectivity index (χ0) is 13.7. The zero-order valence-corrected chi connectivity index (χ0v) is 10.2. The molecular formula is C13H14F2O3. The highest BCUT2D eigenvalue weighted by Gasteiger charge is 2.24. The van der Waals surface area contributed by atoms with Crippen LogP contribution in [0.3, 0.4) is 0 Å². The molecule has 1 aromatic rings. The molecule has 18 heavy (non-hydrogen) atoms. The van der Waals surface area contributed by atoms with E-state index in [0.29, 0.717) is 0 Å². The van der Waals surface area contributed by atoms with Crippen molar-refractivity contribution in [1.82, 2.24) is 0 Å². The molecule has 0 radical (unpaired) electrons. The van der Waals surface area contributed by atoms with E-state index in [2.05, 4.69) is 4.74 Å². The van der Waals surface area contributed by atoms with Gasteiger partial charge < -0.3 is 4.74 Å². The largest absolute Gasteiger partial charge is 0.466 e. The number of esters is 1. The Morgan fingerprint density at radius 2 is 1.83 bits per heavy atom. The minimum atomic E-state index is -1.02. The molecule has 0 aliphatic rings. The molecule has 0 saturated carbocycles. The molecule has 0 aromatic heterocycles. The number of ether oxygens (including phenoxy) is 1. The maximum Gasteiger partial charge on any atom is 0.313 e. The molecule has 0 fully saturated rings. The molecule has 3 nitrogen and oxygen atoms in total. The van der Waals surface area contributed by atoms with Crippen molar-refractivity contribution in [1.29, 1.82) is 0 Å². The summed E-state index contributed by atoms with van der Waals surface area (Å²) in [6, 6.07) is 3.37. The first-order valence-corrected chi connectivity index (χ1v) is 5.59. The summed E-state index contributed by atoms with van der Waals surface area (Å²) in [7, 11) is 0. The quantitative estimate of drug-likeness (QED) is 0.600. The summed E-state index contributed by atoms with van der Waals surface area (Å²) in [6.07, 6.45) is -0.483. The first-order chi connectivity index (χ1) is 8.47. The van der Waals surface area contributed by atoms with Crippen molar-refractivity contribution in [3.8, 4) is 0 Å². The Morgan fingerprint density at radius 3 is 2.33 bits per heavy atom. The van der Waals surface area contributed by atoms with Gasteiger partial charge in [-0.1, -0.05) is 13.0 Å². The van der Waals surface area contributed by atoms with Crippen molar-refractivity contribution in [2.45, 2.75) is 26.2 Å². The van der Waals surface area contributed by atoms with Gasteiger partial charge in [0.25, 0.3) is 0 Å². The Hall–Kier alpha value is -1.78. The van der Waals surface area contributed by atoms with E-state index in [1.54, 1.807) is 6.92 Å². The molecule has 0 amide bonds. The van der Waals surface area contributed by atoms with Crippen molar-refractivity contribution in [3.63, 3.8) is 0 Å². The molecule has 1 atom stereocenters. The molecule has 0 N–H and O–H groups in total. The lowest BCUT2D eigenvalue weighted by atomic mass is 9.94. The highest BCUT2D eigenvalue weighted by molar-refractivity contribution is 5.99. The maximum atomic E-state index is 13.4. The van der Waals surface area contributed by atoms with Gasteiger partial charge in [-0.25, -0.2) is 8.78 Å². The third-order valence-corrected chi connectivity index (χ3v) is 2.54. The van der Waals surface area contributed by atoms with Crippen LogP contribution >= 0.6 is 0 Å². The van der Waals surface area contributed by atoms with Gasteiger partial charge in [-0.3, -0.25) is 9.59 Å². The van der Waals surface area contributed by atoms with Crippen LogP contribution in [0.1, 0.15) is 31.7 Å². The van der Waals surface area contributed by atoms with E-state index in [0.717, 1.165) is 12.1 Å².